The highest BCUT2D eigenvalue weighted by molar-refractivity contribution is 5.98. The SMILES string of the molecule is CCOC(=O)c1c(C)[nH]c(C=NCc2ccccc2)c1O. The van der Waals surface area contributed by atoms with Gasteiger partial charge in [0.05, 0.1) is 18.8 Å². The van der Waals surface area contributed by atoms with Crippen molar-refractivity contribution in [1.29, 1.82) is 0 Å². The number of nitrogens with one attached hydrogen (secondary N) is 1. The first-order chi connectivity index (χ1) is 10.1. The Morgan fingerprint density at radius 3 is 2.76 bits per heavy atom. The molecule has 1 aromatic heterocycles. The summed E-state index contributed by atoms with van der Waals surface area (Å²) >= 11 is 0. The van der Waals surface area contributed by atoms with Crippen LogP contribution in [0.1, 0.15) is 34.2 Å². The molecule has 0 atom stereocenters. The molecule has 0 unspecified atom stereocenters. The maximum atomic E-state index is 11.7. The van der Waals surface area contributed by atoms with Gasteiger partial charge in [0.1, 0.15) is 5.56 Å². The number of aliphatic imine (C=N–C) groups is 1. The van der Waals surface area contributed by atoms with Gasteiger partial charge < -0.3 is 14.8 Å². The Morgan fingerprint density at radius 2 is 2.10 bits per heavy atom. The molecule has 5 heteroatoms. The maximum Gasteiger partial charge on any atom is 0.343 e. The van der Waals surface area contributed by atoms with Crippen LogP contribution in [0.15, 0.2) is 35.3 Å². The zero-order chi connectivity index (χ0) is 15.2. The van der Waals surface area contributed by atoms with Crippen molar-refractivity contribution in [2.75, 3.05) is 6.61 Å². The van der Waals surface area contributed by atoms with E-state index in [-0.39, 0.29) is 17.9 Å². The van der Waals surface area contributed by atoms with Gasteiger partial charge in [-0.05, 0) is 19.4 Å². The van der Waals surface area contributed by atoms with Gasteiger partial charge in [0, 0.05) is 11.9 Å². The number of benzene rings is 1. The topological polar surface area (TPSA) is 74.7 Å². The third kappa shape index (κ3) is 3.51. The number of carbonyl (C=O) groups excluding carboxylic acids is 1. The molecule has 110 valence electrons. The quantitative estimate of drug-likeness (QED) is 0.655. The second kappa shape index (κ2) is 6.74. The van der Waals surface area contributed by atoms with E-state index < -0.39 is 5.97 Å². The molecule has 21 heavy (non-hydrogen) atoms. The van der Waals surface area contributed by atoms with Crippen molar-refractivity contribution in [3.8, 4) is 5.75 Å². The largest absolute Gasteiger partial charge is 0.505 e. The monoisotopic (exact) mass is 286 g/mol. The molecule has 2 N–H and O–H groups in total. The van der Waals surface area contributed by atoms with E-state index in [4.69, 9.17) is 4.74 Å². The number of aromatic amines is 1. The van der Waals surface area contributed by atoms with Crippen LogP contribution in [0.25, 0.3) is 0 Å². The molecule has 0 amide bonds. The molecule has 0 aliphatic heterocycles. The molecule has 0 radical (unpaired) electrons. The molecule has 0 spiro atoms. The van der Waals surface area contributed by atoms with E-state index in [1.807, 2.05) is 30.3 Å². The Bertz CT molecular complexity index is 645. The Hall–Kier alpha value is -2.56. The number of H-pyrrole nitrogens is 1. The van der Waals surface area contributed by atoms with E-state index in [2.05, 4.69) is 9.98 Å². The minimum absolute atomic E-state index is 0.122. The fourth-order valence-electron chi connectivity index (χ4n) is 2.01. The van der Waals surface area contributed by atoms with Crippen LogP contribution in [0.3, 0.4) is 0 Å². The highest BCUT2D eigenvalue weighted by atomic mass is 16.5. The van der Waals surface area contributed by atoms with Crippen LogP contribution < -0.4 is 0 Å². The van der Waals surface area contributed by atoms with Gasteiger partial charge >= 0.3 is 5.97 Å². The van der Waals surface area contributed by atoms with Crippen LogP contribution >= 0.6 is 0 Å². The van der Waals surface area contributed by atoms with Crippen molar-refractivity contribution in [2.45, 2.75) is 20.4 Å². The molecule has 0 aliphatic carbocycles. The number of esters is 1. The van der Waals surface area contributed by atoms with Crippen molar-refractivity contribution in [1.82, 2.24) is 4.98 Å². The minimum Gasteiger partial charge on any atom is -0.505 e. The molecular weight excluding hydrogens is 268 g/mol. The van der Waals surface area contributed by atoms with Crippen molar-refractivity contribution in [3.63, 3.8) is 0 Å². The van der Waals surface area contributed by atoms with Gasteiger partial charge in [0.15, 0.2) is 5.75 Å². The molecule has 2 aromatic rings. The van der Waals surface area contributed by atoms with Crippen molar-refractivity contribution in [2.24, 2.45) is 4.99 Å². The van der Waals surface area contributed by atoms with Gasteiger partial charge in [-0.15, -0.1) is 0 Å². The molecule has 0 bridgehead atoms. The lowest BCUT2D eigenvalue weighted by Crippen LogP contribution is -2.05. The van der Waals surface area contributed by atoms with E-state index in [9.17, 15) is 9.90 Å². The van der Waals surface area contributed by atoms with Crippen LogP contribution in [-0.4, -0.2) is 28.9 Å². The summed E-state index contributed by atoms with van der Waals surface area (Å²) in [5.74, 6) is -0.658. The lowest BCUT2D eigenvalue weighted by Gasteiger charge is -2.00. The summed E-state index contributed by atoms with van der Waals surface area (Å²) in [5.41, 5.74) is 2.21. The summed E-state index contributed by atoms with van der Waals surface area (Å²) in [6, 6.07) is 9.78. The Balaban J connectivity index is 2.14. The third-order valence-corrected chi connectivity index (χ3v) is 3.01. The number of nitrogens with zero attached hydrogens (tertiary/aromatic N) is 1. The van der Waals surface area contributed by atoms with Gasteiger partial charge in [0.2, 0.25) is 0 Å². The predicted molar refractivity (Wildman–Crippen MR) is 80.9 cm³/mol. The zero-order valence-corrected chi connectivity index (χ0v) is 12.1. The molecule has 0 saturated carbocycles. The van der Waals surface area contributed by atoms with Gasteiger partial charge in [-0.2, -0.15) is 0 Å². The summed E-state index contributed by atoms with van der Waals surface area (Å²) in [7, 11) is 0. The molecule has 0 aliphatic rings. The van der Waals surface area contributed by atoms with E-state index in [1.54, 1.807) is 13.8 Å². The van der Waals surface area contributed by atoms with E-state index in [0.717, 1.165) is 5.56 Å². The summed E-state index contributed by atoms with van der Waals surface area (Å²) in [6.45, 7) is 4.20. The highest BCUT2D eigenvalue weighted by Crippen LogP contribution is 2.25. The first kappa shape index (κ1) is 14.8. The minimum atomic E-state index is -0.536. The van der Waals surface area contributed by atoms with Gasteiger partial charge in [0.25, 0.3) is 0 Å². The number of hydrogen-bond acceptors (Lipinski definition) is 4. The van der Waals surface area contributed by atoms with Crippen LogP contribution in [0.4, 0.5) is 0 Å². The third-order valence-electron chi connectivity index (χ3n) is 3.01. The first-order valence-corrected chi connectivity index (χ1v) is 6.75. The van der Waals surface area contributed by atoms with Gasteiger partial charge in [-0.1, -0.05) is 30.3 Å². The molecular formula is C16H18N2O3. The second-order valence-corrected chi connectivity index (χ2v) is 4.56. The first-order valence-electron chi connectivity index (χ1n) is 6.75. The van der Waals surface area contributed by atoms with E-state index in [1.165, 1.54) is 6.21 Å². The van der Waals surface area contributed by atoms with Crippen LogP contribution in [0.5, 0.6) is 5.75 Å². The molecule has 0 saturated heterocycles. The number of aromatic hydroxyl groups is 1. The fourth-order valence-corrected chi connectivity index (χ4v) is 2.01. The van der Waals surface area contributed by atoms with Gasteiger partial charge in [-0.3, -0.25) is 4.99 Å². The number of aryl methyl sites for hydroxylation is 1. The summed E-state index contributed by atoms with van der Waals surface area (Å²) in [4.78, 5) is 19.0. The van der Waals surface area contributed by atoms with Crippen molar-refractivity contribution >= 4 is 12.2 Å². The average molecular weight is 286 g/mol. The molecule has 0 fully saturated rings. The summed E-state index contributed by atoms with van der Waals surface area (Å²) in [6.07, 6.45) is 1.53. The smallest absolute Gasteiger partial charge is 0.343 e. The van der Waals surface area contributed by atoms with E-state index in [0.29, 0.717) is 17.9 Å². The number of aromatic nitrogens is 1. The summed E-state index contributed by atoms with van der Waals surface area (Å²) in [5, 5.41) is 10.1. The Labute approximate surface area is 123 Å². The number of rotatable bonds is 5. The molecule has 1 heterocycles. The number of carbonyl (C=O) groups is 1. The van der Waals surface area contributed by atoms with E-state index >= 15 is 0 Å². The summed E-state index contributed by atoms with van der Waals surface area (Å²) < 4.78 is 4.91. The molecule has 1 aromatic carbocycles. The Morgan fingerprint density at radius 1 is 1.38 bits per heavy atom. The maximum absolute atomic E-state index is 11.7. The van der Waals surface area contributed by atoms with Crippen LogP contribution in [-0.2, 0) is 11.3 Å². The standard InChI is InChI=1S/C16H18N2O3/c1-3-21-16(20)14-11(2)18-13(15(14)19)10-17-9-12-7-5-4-6-8-12/h4-8,10,18-19H,3,9H2,1-2H3. The normalized spacial score (nSPS) is 11.0. The lowest BCUT2D eigenvalue weighted by atomic mass is 10.2. The average Bonchev–Trinajstić information content (AvgIpc) is 2.75. The molecule has 5 nitrogen and oxygen atoms in total. The van der Waals surface area contributed by atoms with Gasteiger partial charge in [-0.25, -0.2) is 4.79 Å². The highest BCUT2D eigenvalue weighted by Gasteiger charge is 2.20. The van der Waals surface area contributed by atoms with Crippen molar-refractivity contribution < 1.29 is 14.6 Å². The molecule has 2 rings (SSSR count). The van der Waals surface area contributed by atoms with Crippen molar-refractivity contribution in [3.05, 3.63) is 52.8 Å². The lowest BCUT2D eigenvalue weighted by molar-refractivity contribution is 0.0522. The second-order valence-electron chi connectivity index (χ2n) is 4.56. The number of hydrogen-bond donors (Lipinski definition) is 2. The number of ether oxygens (including phenoxy) is 1. The Kier molecular flexibility index (Phi) is 4.77. The predicted octanol–water partition coefficient (Wildman–Crippen LogP) is 2.82. The fraction of sp³-hybridized carbons (Fsp3) is 0.250. The van der Waals surface area contributed by atoms with Crippen LogP contribution in [0.2, 0.25) is 0 Å². The van der Waals surface area contributed by atoms with Crippen LogP contribution in [0, 0.1) is 6.92 Å². The zero-order valence-electron chi connectivity index (χ0n) is 12.1.